The quantitative estimate of drug-likeness (QED) is 0.786. The lowest BCUT2D eigenvalue weighted by Gasteiger charge is -2.25. The molecule has 0 aliphatic carbocycles. The van der Waals surface area contributed by atoms with Crippen molar-refractivity contribution in [1.82, 2.24) is 4.90 Å². The maximum Gasteiger partial charge on any atom is 0.308 e. The first-order chi connectivity index (χ1) is 8.00. The van der Waals surface area contributed by atoms with E-state index in [1.807, 2.05) is 0 Å². The summed E-state index contributed by atoms with van der Waals surface area (Å²) in [5.74, 6) is -1.44. The van der Waals surface area contributed by atoms with Crippen LogP contribution in [-0.2, 0) is 14.3 Å². The van der Waals surface area contributed by atoms with E-state index in [-0.39, 0.29) is 18.6 Å². The molecule has 98 valence electrons. The number of carboxylic acids is 1. The monoisotopic (exact) mass is 243 g/mol. The number of ether oxygens (including phenoxy) is 1. The fourth-order valence-electron chi connectivity index (χ4n) is 1.91. The first kappa shape index (κ1) is 14.0. The Kier molecular flexibility index (Phi) is 5.41. The Morgan fingerprint density at radius 3 is 2.71 bits per heavy atom. The molecule has 2 unspecified atom stereocenters. The van der Waals surface area contributed by atoms with E-state index in [0.717, 1.165) is 25.9 Å². The summed E-state index contributed by atoms with van der Waals surface area (Å²) in [5.41, 5.74) is 0. The molecule has 0 aromatic rings. The van der Waals surface area contributed by atoms with Gasteiger partial charge in [-0.2, -0.15) is 0 Å². The molecule has 1 fully saturated rings. The highest BCUT2D eigenvalue weighted by atomic mass is 16.5. The zero-order valence-electron chi connectivity index (χ0n) is 10.5. The third-order valence-electron chi connectivity index (χ3n) is 3.07. The highest BCUT2D eigenvalue weighted by Gasteiger charge is 2.22. The fourth-order valence-corrected chi connectivity index (χ4v) is 1.91. The standard InChI is InChI=1S/C12H21NO4/c1-9(12(15)16)8-13(2)11(14)7-10-5-3-4-6-17-10/h9-10H,3-8H2,1-2H3,(H,15,16). The van der Waals surface area contributed by atoms with Gasteiger partial charge in [0.25, 0.3) is 0 Å². The van der Waals surface area contributed by atoms with Gasteiger partial charge in [-0.3, -0.25) is 9.59 Å². The minimum Gasteiger partial charge on any atom is -0.481 e. The van der Waals surface area contributed by atoms with Crippen LogP contribution < -0.4 is 0 Å². The molecule has 1 heterocycles. The molecule has 1 N–H and O–H groups in total. The Hall–Kier alpha value is -1.10. The lowest BCUT2D eigenvalue weighted by atomic mass is 10.1. The van der Waals surface area contributed by atoms with Crippen molar-refractivity contribution in [3.63, 3.8) is 0 Å². The maximum absolute atomic E-state index is 11.8. The molecule has 1 rings (SSSR count). The molecule has 5 nitrogen and oxygen atoms in total. The molecule has 0 radical (unpaired) electrons. The Balaban J connectivity index is 2.33. The first-order valence-electron chi connectivity index (χ1n) is 6.09. The van der Waals surface area contributed by atoms with E-state index in [1.54, 1.807) is 14.0 Å². The molecule has 1 amide bonds. The van der Waals surface area contributed by atoms with E-state index in [0.29, 0.717) is 6.42 Å². The van der Waals surface area contributed by atoms with Gasteiger partial charge in [0, 0.05) is 20.2 Å². The highest BCUT2D eigenvalue weighted by Crippen LogP contribution is 2.16. The van der Waals surface area contributed by atoms with E-state index < -0.39 is 11.9 Å². The first-order valence-corrected chi connectivity index (χ1v) is 6.09. The largest absolute Gasteiger partial charge is 0.481 e. The van der Waals surface area contributed by atoms with Crippen molar-refractivity contribution in [3.8, 4) is 0 Å². The third-order valence-corrected chi connectivity index (χ3v) is 3.07. The molecule has 17 heavy (non-hydrogen) atoms. The second kappa shape index (κ2) is 6.59. The number of hydrogen-bond donors (Lipinski definition) is 1. The van der Waals surface area contributed by atoms with Gasteiger partial charge in [0.15, 0.2) is 0 Å². The summed E-state index contributed by atoms with van der Waals surface area (Å²) in [4.78, 5) is 24.0. The smallest absolute Gasteiger partial charge is 0.308 e. The number of amides is 1. The molecule has 0 aromatic carbocycles. The average Bonchev–Trinajstić information content (AvgIpc) is 2.29. The third kappa shape index (κ3) is 4.73. The van der Waals surface area contributed by atoms with E-state index in [9.17, 15) is 9.59 Å². The molecule has 1 aliphatic heterocycles. The minimum absolute atomic E-state index is 0.0128. The van der Waals surface area contributed by atoms with Crippen LogP contribution in [-0.4, -0.2) is 48.2 Å². The van der Waals surface area contributed by atoms with Gasteiger partial charge in [0.2, 0.25) is 5.91 Å². The highest BCUT2D eigenvalue weighted by molar-refractivity contribution is 5.77. The zero-order valence-corrected chi connectivity index (χ0v) is 10.5. The Morgan fingerprint density at radius 2 is 2.18 bits per heavy atom. The van der Waals surface area contributed by atoms with E-state index in [4.69, 9.17) is 9.84 Å². The lowest BCUT2D eigenvalue weighted by Crippen LogP contribution is -2.36. The van der Waals surface area contributed by atoms with E-state index >= 15 is 0 Å². The van der Waals surface area contributed by atoms with Crippen molar-refractivity contribution in [3.05, 3.63) is 0 Å². The van der Waals surface area contributed by atoms with Crippen LogP contribution in [0.2, 0.25) is 0 Å². The van der Waals surface area contributed by atoms with Gasteiger partial charge in [-0.1, -0.05) is 6.92 Å². The topological polar surface area (TPSA) is 66.8 Å². The summed E-state index contributed by atoms with van der Waals surface area (Å²) in [6.45, 7) is 2.58. The molecule has 1 aliphatic rings. The summed E-state index contributed by atoms with van der Waals surface area (Å²) in [6, 6.07) is 0. The molecule has 1 saturated heterocycles. The second-order valence-corrected chi connectivity index (χ2v) is 4.71. The van der Waals surface area contributed by atoms with E-state index in [2.05, 4.69) is 0 Å². The fraction of sp³-hybridized carbons (Fsp3) is 0.833. The van der Waals surface area contributed by atoms with Crippen molar-refractivity contribution >= 4 is 11.9 Å². The van der Waals surface area contributed by atoms with Gasteiger partial charge < -0.3 is 14.7 Å². The van der Waals surface area contributed by atoms with Gasteiger partial charge in [0.05, 0.1) is 18.4 Å². The Morgan fingerprint density at radius 1 is 1.47 bits per heavy atom. The van der Waals surface area contributed by atoms with Crippen molar-refractivity contribution in [2.24, 2.45) is 5.92 Å². The number of carbonyl (C=O) groups excluding carboxylic acids is 1. The van der Waals surface area contributed by atoms with Gasteiger partial charge in [-0.15, -0.1) is 0 Å². The van der Waals surface area contributed by atoms with Crippen LogP contribution in [0.5, 0.6) is 0 Å². The van der Waals surface area contributed by atoms with Gasteiger partial charge in [0.1, 0.15) is 0 Å². The van der Waals surface area contributed by atoms with E-state index in [1.165, 1.54) is 4.90 Å². The van der Waals surface area contributed by atoms with Crippen molar-refractivity contribution in [2.45, 2.75) is 38.7 Å². The number of rotatable bonds is 5. The van der Waals surface area contributed by atoms with Gasteiger partial charge >= 0.3 is 5.97 Å². The molecule has 0 aromatic heterocycles. The predicted octanol–water partition coefficient (Wildman–Crippen LogP) is 1.12. The van der Waals surface area contributed by atoms with Gasteiger partial charge in [-0.25, -0.2) is 0 Å². The number of carbonyl (C=O) groups is 2. The Labute approximate surface area is 102 Å². The second-order valence-electron chi connectivity index (χ2n) is 4.71. The minimum atomic E-state index is -0.876. The molecule has 5 heteroatoms. The summed E-state index contributed by atoms with van der Waals surface area (Å²) in [6.07, 6.45) is 3.47. The molecular formula is C12H21NO4. The van der Waals surface area contributed by atoms with Crippen LogP contribution in [0, 0.1) is 5.92 Å². The Bertz CT molecular complexity index is 274. The van der Waals surface area contributed by atoms with Crippen molar-refractivity contribution in [2.75, 3.05) is 20.2 Å². The molecule has 0 spiro atoms. The molecule has 2 atom stereocenters. The van der Waals surface area contributed by atoms with Crippen LogP contribution >= 0.6 is 0 Å². The molecule has 0 saturated carbocycles. The molecular weight excluding hydrogens is 222 g/mol. The maximum atomic E-state index is 11.8. The average molecular weight is 243 g/mol. The van der Waals surface area contributed by atoms with Crippen LogP contribution in [0.25, 0.3) is 0 Å². The van der Waals surface area contributed by atoms with Gasteiger partial charge in [-0.05, 0) is 19.3 Å². The zero-order chi connectivity index (χ0) is 12.8. The summed E-state index contributed by atoms with van der Waals surface area (Å²) < 4.78 is 5.49. The normalized spacial score (nSPS) is 21.9. The van der Waals surface area contributed by atoms with Crippen molar-refractivity contribution in [1.29, 1.82) is 0 Å². The number of nitrogens with zero attached hydrogens (tertiary/aromatic N) is 1. The summed E-state index contributed by atoms with van der Waals surface area (Å²) in [7, 11) is 1.64. The summed E-state index contributed by atoms with van der Waals surface area (Å²) in [5, 5.41) is 8.77. The number of hydrogen-bond acceptors (Lipinski definition) is 3. The lowest BCUT2D eigenvalue weighted by molar-refractivity contribution is -0.143. The number of aliphatic carboxylic acids is 1. The van der Waals surface area contributed by atoms with Crippen LogP contribution in [0.3, 0.4) is 0 Å². The van der Waals surface area contributed by atoms with Crippen molar-refractivity contribution < 1.29 is 19.4 Å². The van der Waals surface area contributed by atoms with Crippen LogP contribution in [0.4, 0.5) is 0 Å². The molecule has 0 bridgehead atoms. The van der Waals surface area contributed by atoms with Crippen LogP contribution in [0.15, 0.2) is 0 Å². The summed E-state index contributed by atoms with van der Waals surface area (Å²) >= 11 is 0. The number of carboxylic acid groups (broad SMARTS) is 1. The van der Waals surface area contributed by atoms with Crippen LogP contribution in [0.1, 0.15) is 32.6 Å². The predicted molar refractivity (Wildman–Crippen MR) is 62.6 cm³/mol. The SMILES string of the molecule is CC(CN(C)C(=O)CC1CCCCO1)C(=O)O.